The van der Waals surface area contributed by atoms with Crippen LogP contribution in [0.1, 0.15) is 0 Å². The molecule has 30 valence electrons. The maximum atomic E-state index is 10.1. The molecule has 0 rings (SSSR count). The van der Waals surface area contributed by atoms with Gasteiger partial charge in [0.15, 0.2) is 8.96 Å². The average molecular weight is 85.0 g/mol. The van der Waals surface area contributed by atoms with Crippen LogP contribution in [0.15, 0.2) is 5.34 Å². The van der Waals surface area contributed by atoms with Gasteiger partial charge in [-0.3, -0.25) is 0 Å². The third-order valence-corrected chi connectivity index (χ3v) is 0.0571. The van der Waals surface area contributed by atoms with E-state index < -0.39 is 5.14 Å². The summed E-state index contributed by atoms with van der Waals surface area (Å²) < 4.78 is 30.0. The number of nitrogens with zero attached hydrogens (tertiary/aromatic N) is 2. The van der Waals surface area contributed by atoms with E-state index in [9.17, 15) is 13.4 Å². The Kier molecular flexibility index (Phi) is 1.48. The highest BCUT2D eigenvalue weighted by Gasteiger charge is 1.95. The first kappa shape index (κ1) is 4.39. The van der Waals surface area contributed by atoms with Gasteiger partial charge in [-0.1, -0.05) is 0 Å². The van der Waals surface area contributed by atoms with Crippen LogP contribution in [0.2, 0.25) is 0 Å². The van der Waals surface area contributed by atoms with Crippen molar-refractivity contribution in [1.29, 1.82) is 0 Å². The summed E-state index contributed by atoms with van der Waals surface area (Å²) in [6, 6.07) is 0. The predicted molar refractivity (Wildman–Crippen MR) is 6.01 cm³/mol. The van der Waals surface area contributed by atoms with E-state index in [0.717, 1.165) is 5.34 Å². The van der Waals surface area contributed by atoms with E-state index in [2.05, 4.69) is 0 Å². The molecule has 0 radical (unpaired) electrons. The molecule has 0 unspecified atom stereocenters. The van der Waals surface area contributed by atoms with Gasteiger partial charge >= 0.3 is 5.14 Å². The molecule has 0 heterocycles. The number of hydrogen-bond acceptors (Lipinski definition) is 1. The molecule has 0 spiro atoms. The molecule has 5 heavy (non-hydrogen) atoms. The van der Waals surface area contributed by atoms with E-state index in [4.69, 9.17) is 0 Å². The Morgan fingerprint density at radius 3 is 1.60 bits per heavy atom. The van der Waals surface area contributed by atoms with Crippen molar-refractivity contribution < 1.29 is 18.6 Å². The summed E-state index contributed by atoms with van der Waals surface area (Å²) in [6.45, 7) is 0. The van der Waals surface area contributed by atoms with Gasteiger partial charge in [0.2, 0.25) is 0 Å². The zero-order chi connectivity index (χ0) is 4.28. The summed E-state index contributed by atoms with van der Waals surface area (Å²) in [5.41, 5.74) is 0. The molecule has 0 saturated carbocycles. The molecule has 2 nitrogen and oxygen atoms in total. The molecule has 0 fully saturated rings. The molecule has 0 aromatic carbocycles. The SMILES string of the molecule is FN=[N+](F)F. The first-order chi connectivity index (χ1) is 2.27. The topological polar surface area (TPSA) is 15.4 Å². The Bertz CT molecular complexity index is 42.9. The minimum absolute atomic E-state index is 0.889. The van der Waals surface area contributed by atoms with Gasteiger partial charge in [-0.15, -0.1) is 0 Å². The van der Waals surface area contributed by atoms with E-state index >= 15 is 0 Å². The van der Waals surface area contributed by atoms with Gasteiger partial charge in [0.05, 0.1) is 0 Å². The predicted octanol–water partition coefficient (Wildman–Crippen LogP) is 1.10. The average Bonchev–Trinajstić information content (AvgIpc) is 1.38. The summed E-state index contributed by atoms with van der Waals surface area (Å²) in [7, 11) is 0. The van der Waals surface area contributed by atoms with Crippen molar-refractivity contribution in [2.75, 3.05) is 0 Å². The van der Waals surface area contributed by atoms with Crippen LogP contribution in [-0.4, -0.2) is 5.14 Å². The van der Waals surface area contributed by atoms with Crippen molar-refractivity contribution in [3.8, 4) is 0 Å². The van der Waals surface area contributed by atoms with Gasteiger partial charge in [0.25, 0.3) is 5.34 Å². The van der Waals surface area contributed by atoms with Gasteiger partial charge in [-0.2, -0.15) is 0 Å². The summed E-state index contributed by atoms with van der Waals surface area (Å²) in [5.74, 6) is 0. The smallest absolute Gasteiger partial charge is 0.00772 e. The van der Waals surface area contributed by atoms with E-state index in [0.29, 0.717) is 0 Å². The second-order valence-corrected chi connectivity index (χ2v) is 0.291. The Hall–Kier alpha value is -0.610. The lowest BCUT2D eigenvalue weighted by atomic mass is 13.0. The van der Waals surface area contributed by atoms with Crippen LogP contribution >= 0.6 is 0 Å². The molecular weight excluding hydrogens is 85.0 g/mol. The molecular formula is F3N2+. The van der Waals surface area contributed by atoms with Crippen LogP contribution in [0.4, 0.5) is 13.4 Å². The van der Waals surface area contributed by atoms with Crippen LogP contribution in [0.3, 0.4) is 0 Å². The molecule has 0 saturated heterocycles. The van der Waals surface area contributed by atoms with Crippen molar-refractivity contribution in [2.24, 2.45) is 5.34 Å². The molecule has 0 aromatic rings. The third-order valence-electron chi connectivity index (χ3n) is 0.0571. The van der Waals surface area contributed by atoms with Crippen molar-refractivity contribution in [1.82, 2.24) is 0 Å². The van der Waals surface area contributed by atoms with Crippen LogP contribution in [0.5, 0.6) is 0 Å². The first-order valence-electron chi connectivity index (χ1n) is 0.707. The summed E-state index contributed by atoms with van der Waals surface area (Å²) >= 11 is 0. The highest BCUT2D eigenvalue weighted by molar-refractivity contribution is 3.17. The van der Waals surface area contributed by atoms with Gasteiger partial charge in [-0.25, -0.2) is 0 Å². The summed E-state index contributed by atoms with van der Waals surface area (Å²) in [5, 5.41) is -1.03. The lowest BCUT2D eigenvalue weighted by Crippen LogP contribution is -1.66. The Morgan fingerprint density at radius 2 is 1.60 bits per heavy atom. The molecule has 0 aliphatic heterocycles. The fourth-order valence-corrected chi connectivity index (χ4v) is 0. The van der Waals surface area contributed by atoms with Gasteiger partial charge < -0.3 is 0 Å². The first-order valence-corrected chi connectivity index (χ1v) is 0.707. The number of hydrogen-bond donors (Lipinski definition) is 0. The fraction of sp³-hybridized carbons (Fsp3) is 0. The summed E-state index contributed by atoms with van der Waals surface area (Å²) in [4.78, 5) is 0. The van der Waals surface area contributed by atoms with E-state index in [1.165, 1.54) is 0 Å². The quantitative estimate of drug-likeness (QED) is 0.309. The molecule has 0 N–H and O–H groups in total. The van der Waals surface area contributed by atoms with Crippen molar-refractivity contribution >= 4 is 0 Å². The van der Waals surface area contributed by atoms with Gasteiger partial charge in [0.1, 0.15) is 0 Å². The molecule has 5 heteroatoms. The maximum absolute atomic E-state index is 10.1. The van der Waals surface area contributed by atoms with Crippen molar-refractivity contribution in [2.45, 2.75) is 0 Å². The standard InChI is InChI=1S/F3N2/c1-4-5(2)3/q+1. The van der Waals surface area contributed by atoms with Gasteiger partial charge in [0, 0.05) is 0 Å². The Labute approximate surface area is 25.3 Å². The lowest BCUT2D eigenvalue weighted by Gasteiger charge is -1.40. The lowest BCUT2D eigenvalue weighted by molar-refractivity contribution is -0.907. The van der Waals surface area contributed by atoms with Crippen LogP contribution < -0.4 is 0 Å². The third kappa shape index (κ3) is 3.39. The highest BCUT2D eigenvalue weighted by atomic mass is 19.4. The van der Waals surface area contributed by atoms with E-state index in [1.807, 2.05) is 0 Å². The number of halogens is 3. The van der Waals surface area contributed by atoms with Gasteiger partial charge in [-0.05, 0) is 4.48 Å². The van der Waals surface area contributed by atoms with Crippen molar-refractivity contribution in [3.63, 3.8) is 0 Å². The number of rotatable bonds is 0. The van der Waals surface area contributed by atoms with E-state index in [-0.39, 0.29) is 0 Å². The van der Waals surface area contributed by atoms with Crippen LogP contribution in [0.25, 0.3) is 0 Å². The van der Waals surface area contributed by atoms with Crippen LogP contribution in [0, 0.1) is 0 Å². The molecule has 0 aliphatic carbocycles. The minimum Gasteiger partial charge on any atom is -0.00772 e. The molecule has 0 aromatic heterocycles. The van der Waals surface area contributed by atoms with Crippen molar-refractivity contribution in [3.05, 3.63) is 0 Å². The van der Waals surface area contributed by atoms with E-state index in [1.54, 1.807) is 0 Å². The Balaban J connectivity index is 3.14. The second kappa shape index (κ2) is 1.68. The molecule has 0 amide bonds. The Morgan fingerprint density at radius 1 is 1.40 bits per heavy atom. The summed E-state index contributed by atoms with van der Waals surface area (Å²) in [6.07, 6.45) is 0. The normalized spacial score (nSPS) is 7.00. The monoisotopic (exact) mass is 85.0 g/mol. The fourth-order valence-electron chi connectivity index (χ4n) is 0. The maximum Gasteiger partial charge on any atom is 0.380 e. The highest BCUT2D eigenvalue weighted by Crippen LogP contribution is 1.76. The second-order valence-electron chi connectivity index (χ2n) is 0.291. The molecule has 0 atom stereocenters. The minimum atomic E-state index is -1.92. The molecule has 0 aliphatic rings. The largest absolute Gasteiger partial charge is 0.380 e. The van der Waals surface area contributed by atoms with Crippen LogP contribution in [-0.2, 0) is 0 Å². The zero-order valence-corrected chi connectivity index (χ0v) is 2.03. The molecule has 0 bridgehead atoms. The zero-order valence-electron chi connectivity index (χ0n) is 2.03.